The summed E-state index contributed by atoms with van der Waals surface area (Å²) in [4.78, 5) is 14.2. The highest BCUT2D eigenvalue weighted by molar-refractivity contribution is 5.78. The lowest BCUT2D eigenvalue weighted by Crippen LogP contribution is -2.37. The first kappa shape index (κ1) is 12.8. The number of nitrogens with one attached hydrogen (secondary N) is 1. The van der Waals surface area contributed by atoms with Crippen molar-refractivity contribution in [2.45, 2.75) is 18.9 Å². The van der Waals surface area contributed by atoms with Crippen LogP contribution in [0.2, 0.25) is 0 Å². The molecule has 96 valence electrons. The second-order valence-electron chi connectivity index (χ2n) is 4.76. The number of hydrogen-bond donors (Lipinski definition) is 1. The van der Waals surface area contributed by atoms with E-state index in [0.29, 0.717) is 12.5 Å². The molecule has 1 atom stereocenters. The summed E-state index contributed by atoms with van der Waals surface area (Å²) in [7, 11) is 0. The average molecular weight is 244 g/mol. The predicted octanol–water partition coefficient (Wildman–Crippen LogP) is 1.61. The van der Waals surface area contributed by atoms with Gasteiger partial charge in [0.25, 0.3) is 0 Å². The van der Waals surface area contributed by atoms with E-state index in [0.717, 1.165) is 31.6 Å². The highest BCUT2D eigenvalue weighted by atomic mass is 16.1. The smallest absolute Gasteiger partial charge is 0.224 e. The molecule has 0 bridgehead atoms. The van der Waals surface area contributed by atoms with E-state index in [-0.39, 0.29) is 5.91 Å². The van der Waals surface area contributed by atoms with E-state index in [2.05, 4.69) is 16.8 Å². The number of carbonyl (C=O) groups excluding carboxylic acids is 1. The van der Waals surface area contributed by atoms with Gasteiger partial charge in [0.05, 0.1) is 6.42 Å². The van der Waals surface area contributed by atoms with Crippen LogP contribution in [-0.4, -0.2) is 36.5 Å². The molecule has 1 heterocycles. The molecule has 1 aromatic rings. The molecule has 1 fully saturated rings. The van der Waals surface area contributed by atoms with Crippen LogP contribution in [0.5, 0.6) is 0 Å². The number of benzene rings is 1. The number of amides is 1. The standard InChI is InChI=1S/C15H20N2O/c1-2-9-17-10-8-14(12-17)16-15(18)11-13-6-4-3-5-7-13/h2-7,14H,1,8-12H2,(H,16,18). The molecule has 1 aromatic carbocycles. The Bertz CT molecular complexity index is 402. The van der Waals surface area contributed by atoms with Gasteiger partial charge in [0, 0.05) is 25.7 Å². The summed E-state index contributed by atoms with van der Waals surface area (Å²) in [5, 5.41) is 3.10. The van der Waals surface area contributed by atoms with E-state index in [4.69, 9.17) is 0 Å². The van der Waals surface area contributed by atoms with Crippen LogP contribution < -0.4 is 5.32 Å². The summed E-state index contributed by atoms with van der Waals surface area (Å²) in [6.07, 6.45) is 3.42. The van der Waals surface area contributed by atoms with E-state index in [1.807, 2.05) is 36.4 Å². The van der Waals surface area contributed by atoms with Gasteiger partial charge in [0.15, 0.2) is 0 Å². The lowest BCUT2D eigenvalue weighted by atomic mass is 10.1. The first-order valence-corrected chi connectivity index (χ1v) is 6.44. The lowest BCUT2D eigenvalue weighted by molar-refractivity contribution is -0.121. The number of nitrogens with zero attached hydrogens (tertiary/aromatic N) is 1. The van der Waals surface area contributed by atoms with E-state index >= 15 is 0 Å². The minimum absolute atomic E-state index is 0.117. The topological polar surface area (TPSA) is 32.3 Å². The van der Waals surface area contributed by atoms with Crippen molar-refractivity contribution in [3.8, 4) is 0 Å². The maximum atomic E-state index is 11.9. The molecule has 1 N–H and O–H groups in total. The molecule has 2 rings (SSSR count). The number of rotatable bonds is 5. The van der Waals surface area contributed by atoms with Crippen molar-refractivity contribution in [3.05, 3.63) is 48.6 Å². The summed E-state index contributed by atoms with van der Waals surface area (Å²) in [5.74, 6) is 0.117. The highest BCUT2D eigenvalue weighted by Gasteiger charge is 2.22. The quantitative estimate of drug-likeness (QED) is 0.798. The second-order valence-corrected chi connectivity index (χ2v) is 4.76. The molecular weight excluding hydrogens is 224 g/mol. The molecule has 0 radical (unpaired) electrons. The number of hydrogen-bond acceptors (Lipinski definition) is 2. The van der Waals surface area contributed by atoms with Gasteiger partial charge in [0.1, 0.15) is 0 Å². The summed E-state index contributed by atoms with van der Waals surface area (Å²) in [6.45, 7) is 6.63. The highest BCUT2D eigenvalue weighted by Crippen LogP contribution is 2.09. The van der Waals surface area contributed by atoms with Crippen molar-refractivity contribution in [2.24, 2.45) is 0 Å². The van der Waals surface area contributed by atoms with Crippen LogP contribution in [0.3, 0.4) is 0 Å². The van der Waals surface area contributed by atoms with E-state index in [1.54, 1.807) is 0 Å². The Morgan fingerprint density at radius 1 is 1.44 bits per heavy atom. The van der Waals surface area contributed by atoms with Gasteiger partial charge in [0.2, 0.25) is 5.91 Å². The van der Waals surface area contributed by atoms with Crippen LogP contribution in [-0.2, 0) is 11.2 Å². The van der Waals surface area contributed by atoms with Crippen LogP contribution in [0.25, 0.3) is 0 Å². The summed E-state index contributed by atoms with van der Waals surface area (Å²) < 4.78 is 0. The maximum absolute atomic E-state index is 11.9. The molecule has 1 amide bonds. The third-order valence-corrected chi connectivity index (χ3v) is 3.23. The summed E-state index contributed by atoms with van der Waals surface area (Å²) in [5.41, 5.74) is 1.07. The fraction of sp³-hybridized carbons (Fsp3) is 0.400. The molecule has 1 aliphatic rings. The predicted molar refractivity (Wildman–Crippen MR) is 73.3 cm³/mol. The normalized spacial score (nSPS) is 19.7. The van der Waals surface area contributed by atoms with Gasteiger partial charge in [-0.25, -0.2) is 0 Å². The molecule has 0 aliphatic carbocycles. The van der Waals surface area contributed by atoms with Gasteiger partial charge in [-0.15, -0.1) is 6.58 Å². The van der Waals surface area contributed by atoms with E-state index in [1.165, 1.54) is 0 Å². The molecule has 0 spiro atoms. The first-order valence-electron chi connectivity index (χ1n) is 6.44. The van der Waals surface area contributed by atoms with E-state index in [9.17, 15) is 4.79 Å². The van der Waals surface area contributed by atoms with Crippen molar-refractivity contribution >= 4 is 5.91 Å². The van der Waals surface area contributed by atoms with Crippen LogP contribution in [0, 0.1) is 0 Å². The zero-order valence-electron chi connectivity index (χ0n) is 10.6. The largest absolute Gasteiger partial charge is 0.352 e. The van der Waals surface area contributed by atoms with Crippen molar-refractivity contribution in [1.82, 2.24) is 10.2 Å². The van der Waals surface area contributed by atoms with Crippen molar-refractivity contribution < 1.29 is 4.79 Å². The fourth-order valence-corrected chi connectivity index (χ4v) is 2.36. The van der Waals surface area contributed by atoms with Crippen LogP contribution in [0.15, 0.2) is 43.0 Å². The zero-order valence-corrected chi connectivity index (χ0v) is 10.6. The fourth-order valence-electron chi connectivity index (χ4n) is 2.36. The van der Waals surface area contributed by atoms with Gasteiger partial charge < -0.3 is 5.32 Å². The van der Waals surface area contributed by atoms with Gasteiger partial charge in [-0.3, -0.25) is 9.69 Å². The van der Waals surface area contributed by atoms with Crippen molar-refractivity contribution in [3.63, 3.8) is 0 Å². The molecule has 18 heavy (non-hydrogen) atoms. The molecule has 1 aliphatic heterocycles. The summed E-state index contributed by atoms with van der Waals surface area (Å²) in [6, 6.07) is 10.1. The van der Waals surface area contributed by atoms with Crippen LogP contribution >= 0.6 is 0 Å². The average Bonchev–Trinajstić information content (AvgIpc) is 2.78. The monoisotopic (exact) mass is 244 g/mol. The van der Waals surface area contributed by atoms with Gasteiger partial charge in [-0.1, -0.05) is 36.4 Å². The first-order chi connectivity index (χ1) is 8.78. The second kappa shape index (κ2) is 6.36. The Balaban J connectivity index is 1.77. The van der Waals surface area contributed by atoms with Crippen molar-refractivity contribution in [1.29, 1.82) is 0 Å². The molecule has 0 aromatic heterocycles. The third kappa shape index (κ3) is 3.70. The molecular formula is C15H20N2O. The Hall–Kier alpha value is -1.61. The molecule has 1 saturated heterocycles. The summed E-state index contributed by atoms with van der Waals surface area (Å²) >= 11 is 0. The number of likely N-dealkylation sites (tertiary alicyclic amines) is 1. The molecule has 3 heteroatoms. The maximum Gasteiger partial charge on any atom is 0.224 e. The van der Waals surface area contributed by atoms with Gasteiger partial charge in [-0.2, -0.15) is 0 Å². The number of carbonyl (C=O) groups is 1. The minimum atomic E-state index is 0.117. The van der Waals surface area contributed by atoms with Gasteiger partial charge in [-0.05, 0) is 12.0 Å². The SMILES string of the molecule is C=CCN1CCC(NC(=O)Cc2ccccc2)C1. The minimum Gasteiger partial charge on any atom is -0.352 e. The Kier molecular flexibility index (Phi) is 4.53. The molecule has 3 nitrogen and oxygen atoms in total. The van der Waals surface area contributed by atoms with E-state index < -0.39 is 0 Å². The third-order valence-electron chi connectivity index (χ3n) is 3.23. The lowest BCUT2D eigenvalue weighted by Gasteiger charge is -2.14. The Morgan fingerprint density at radius 3 is 2.94 bits per heavy atom. The van der Waals surface area contributed by atoms with Gasteiger partial charge >= 0.3 is 0 Å². The van der Waals surface area contributed by atoms with Crippen LogP contribution in [0.4, 0.5) is 0 Å². The Labute approximate surface area is 108 Å². The molecule has 0 saturated carbocycles. The Morgan fingerprint density at radius 2 is 2.22 bits per heavy atom. The van der Waals surface area contributed by atoms with Crippen LogP contribution in [0.1, 0.15) is 12.0 Å². The van der Waals surface area contributed by atoms with Crippen molar-refractivity contribution in [2.75, 3.05) is 19.6 Å². The molecule has 1 unspecified atom stereocenters. The zero-order chi connectivity index (χ0) is 12.8.